The number of ether oxygens (including phenoxy) is 4. The van der Waals surface area contributed by atoms with Crippen LogP contribution < -0.4 is 18.9 Å². The summed E-state index contributed by atoms with van der Waals surface area (Å²) >= 11 is 0. The highest BCUT2D eigenvalue weighted by molar-refractivity contribution is 5.87. The number of hydrogen-bond acceptors (Lipinski definition) is 10. The van der Waals surface area contributed by atoms with Crippen LogP contribution in [0.25, 0.3) is 56.2 Å². The highest BCUT2D eigenvalue weighted by atomic mass is 16.5. The minimum Gasteiger partial charge on any atom is -0.502 e. The van der Waals surface area contributed by atoms with Crippen molar-refractivity contribution >= 4 is 22.2 Å². The van der Waals surface area contributed by atoms with Crippen LogP contribution in [0.15, 0.2) is 69.5 Å². The topological polar surface area (TPSA) is 129 Å². The summed E-state index contributed by atoms with van der Waals surface area (Å²) in [6.07, 6.45) is 0. The summed E-state index contributed by atoms with van der Waals surface area (Å²) in [6, 6.07) is 18.0. The first-order valence-electron chi connectivity index (χ1n) is 12.1. The second-order valence-electron chi connectivity index (χ2n) is 8.86. The molecular formula is C30H24N2O8. The molecule has 0 fully saturated rings. The predicted molar refractivity (Wildman–Crippen MR) is 147 cm³/mol. The molecule has 0 saturated carbocycles. The largest absolute Gasteiger partial charge is 0.502 e. The summed E-state index contributed by atoms with van der Waals surface area (Å²) in [7, 11) is 5.85. The molecule has 0 unspecified atom stereocenters. The number of oxazole rings is 2. The lowest BCUT2D eigenvalue weighted by molar-refractivity contribution is 0.340. The van der Waals surface area contributed by atoms with E-state index in [1.165, 1.54) is 28.4 Å². The summed E-state index contributed by atoms with van der Waals surface area (Å²) in [5.41, 5.74) is 5.53. The van der Waals surface area contributed by atoms with E-state index in [1.807, 2.05) is 36.4 Å². The van der Waals surface area contributed by atoms with Crippen LogP contribution in [0.5, 0.6) is 34.5 Å². The van der Waals surface area contributed by atoms with Gasteiger partial charge in [0.2, 0.25) is 23.3 Å². The summed E-state index contributed by atoms with van der Waals surface area (Å²) in [6.45, 7) is 0. The molecule has 0 spiro atoms. The molecule has 4 aromatic carbocycles. The molecule has 0 amide bonds. The molecule has 0 aliphatic rings. The molecular weight excluding hydrogens is 516 g/mol. The molecule has 0 radical (unpaired) electrons. The van der Waals surface area contributed by atoms with E-state index in [0.717, 1.165) is 11.1 Å². The highest BCUT2D eigenvalue weighted by Crippen LogP contribution is 2.42. The quantitative estimate of drug-likeness (QED) is 0.234. The van der Waals surface area contributed by atoms with Gasteiger partial charge < -0.3 is 38.0 Å². The molecule has 2 aromatic heterocycles. The van der Waals surface area contributed by atoms with Crippen molar-refractivity contribution in [1.29, 1.82) is 0 Å². The van der Waals surface area contributed by atoms with E-state index in [4.69, 9.17) is 27.8 Å². The van der Waals surface area contributed by atoms with Crippen molar-refractivity contribution in [2.45, 2.75) is 0 Å². The summed E-state index contributed by atoms with van der Waals surface area (Å²) < 4.78 is 33.0. The standard InChI is InChI=1S/C30H24N2O8/c1-35-23-11-17(12-24(36-2)27(23)33)29-31-19-9-15(5-7-21(19)39-29)16-6-8-22-20(10-16)32-30(40-22)18-13-25(37-3)28(34)26(14-18)38-4/h5-14,33-34H,1-4H3. The van der Waals surface area contributed by atoms with Crippen LogP contribution in [0.2, 0.25) is 0 Å². The molecule has 6 rings (SSSR count). The summed E-state index contributed by atoms with van der Waals surface area (Å²) in [5.74, 6) is 1.54. The Balaban J connectivity index is 1.36. The maximum atomic E-state index is 10.2. The molecule has 0 aliphatic carbocycles. The lowest BCUT2D eigenvalue weighted by Crippen LogP contribution is -1.90. The van der Waals surface area contributed by atoms with Crippen LogP contribution in [0, 0.1) is 0 Å². The van der Waals surface area contributed by atoms with Gasteiger partial charge in [-0.25, -0.2) is 9.97 Å². The average Bonchev–Trinajstić information content (AvgIpc) is 3.61. The van der Waals surface area contributed by atoms with Gasteiger partial charge in [-0.05, 0) is 59.7 Å². The van der Waals surface area contributed by atoms with E-state index in [2.05, 4.69) is 9.97 Å². The second-order valence-corrected chi connectivity index (χ2v) is 8.86. The summed E-state index contributed by atoms with van der Waals surface area (Å²) in [5, 5.41) is 20.5. The zero-order chi connectivity index (χ0) is 28.0. The van der Waals surface area contributed by atoms with E-state index >= 15 is 0 Å². The number of nitrogens with zero attached hydrogens (tertiary/aromatic N) is 2. The van der Waals surface area contributed by atoms with Crippen molar-refractivity contribution in [2.75, 3.05) is 28.4 Å². The first-order chi connectivity index (χ1) is 19.4. The van der Waals surface area contributed by atoms with Crippen LogP contribution in [0.4, 0.5) is 0 Å². The highest BCUT2D eigenvalue weighted by Gasteiger charge is 2.18. The fourth-order valence-electron chi connectivity index (χ4n) is 4.49. The Kier molecular flexibility index (Phi) is 6.07. The van der Waals surface area contributed by atoms with E-state index in [9.17, 15) is 10.2 Å². The number of phenolic OH excluding ortho intramolecular Hbond substituents is 2. The number of methoxy groups -OCH3 is 4. The van der Waals surface area contributed by atoms with Crippen molar-refractivity contribution in [3.05, 3.63) is 60.7 Å². The average molecular weight is 541 g/mol. The molecule has 0 atom stereocenters. The molecule has 2 N–H and O–H groups in total. The minimum absolute atomic E-state index is 0.0951. The van der Waals surface area contributed by atoms with E-state index in [-0.39, 0.29) is 34.5 Å². The number of benzene rings is 4. The predicted octanol–water partition coefficient (Wildman–Crippen LogP) is 6.42. The Morgan fingerprint density at radius 3 is 1.18 bits per heavy atom. The Labute approximate surface area is 227 Å². The van der Waals surface area contributed by atoms with Gasteiger partial charge in [-0.15, -0.1) is 0 Å². The van der Waals surface area contributed by atoms with Crippen molar-refractivity contribution < 1.29 is 38.0 Å². The van der Waals surface area contributed by atoms with Crippen molar-refractivity contribution in [3.63, 3.8) is 0 Å². The van der Waals surface area contributed by atoms with E-state index in [0.29, 0.717) is 45.1 Å². The first kappa shape index (κ1) is 24.9. The molecule has 6 aromatic rings. The zero-order valence-corrected chi connectivity index (χ0v) is 22.0. The third-order valence-electron chi connectivity index (χ3n) is 6.56. The molecule has 2 heterocycles. The Bertz CT molecular complexity index is 1700. The third kappa shape index (κ3) is 4.15. The SMILES string of the molecule is COc1cc(-c2nc3cc(-c4ccc5oc(-c6cc(OC)c(O)c(OC)c6)nc5c4)ccc3o2)cc(OC)c1O. The Morgan fingerprint density at radius 1 is 0.500 bits per heavy atom. The Morgan fingerprint density at radius 2 is 0.850 bits per heavy atom. The van der Waals surface area contributed by atoms with Gasteiger partial charge in [0, 0.05) is 11.1 Å². The van der Waals surface area contributed by atoms with Crippen LogP contribution in [0.1, 0.15) is 0 Å². The van der Waals surface area contributed by atoms with Crippen LogP contribution >= 0.6 is 0 Å². The van der Waals surface area contributed by atoms with Gasteiger partial charge in [0.25, 0.3) is 0 Å². The molecule has 40 heavy (non-hydrogen) atoms. The van der Waals surface area contributed by atoms with Crippen molar-refractivity contribution in [3.8, 4) is 68.5 Å². The van der Waals surface area contributed by atoms with Gasteiger partial charge in [0.05, 0.1) is 28.4 Å². The van der Waals surface area contributed by atoms with Crippen molar-refractivity contribution in [2.24, 2.45) is 0 Å². The van der Waals surface area contributed by atoms with Gasteiger partial charge in [-0.3, -0.25) is 0 Å². The third-order valence-corrected chi connectivity index (χ3v) is 6.56. The second kappa shape index (κ2) is 9.73. The van der Waals surface area contributed by atoms with Crippen LogP contribution in [-0.4, -0.2) is 48.6 Å². The van der Waals surface area contributed by atoms with E-state index in [1.54, 1.807) is 24.3 Å². The van der Waals surface area contributed by atoms with Gasteiger partial charge in [-0.2, -0.15) is 0 Å². The van der Waals surface area contributed by atoms with Gasteiger partial charge in [-0.1, -0.05) is 12.1 Å². The van der Waals surface area contributed by atoms with Gasteiger partial charge >= 0.3 is 0 Å². The fraction of sp³-hybridized carbons (Fsp3) is 0.133. The van der Waals surface area contributed by atoms with Crippen LogP contribution in [0.3, 0.4) is 0 Å². The number of aromatic hydroxyl groups is 2. The Hall–Kier alpha value is -5.38. The summed E-state index contributed by atoms with van der Waals surface area (Å²) in [4.78, 5) is 9.32. The molecule has 10 heteroatoms. The smallest absolute Gasteiger partial charge is 0.227 e. The molecule has 0 saturated heterocycles. The minimum atomic E-state index is -0.0951. The van der Waals surface area contributed by atoms with Crippen molar-refractivity contribution in [1.82, 2.24) is 9.97 Å². The number of hydrogen-bond donors (Lipinski definition) is 2. The number of aromatic nitrogens is 2. The number of rotatable bonds is 7. The molecule has 0 aliphatic heterocycles. The lowest BCUT2D eigenvalue weighted by atomic mass is 10.0. The molecule has 0 bridgehead atoms. The monoisotopic (exact) mass is 540 g/mol. The number of fused-ring (bicyclic) bond motifs is 2. The van der Waals surface area contributed by atoms with Gasteiger partial charge in [0.1, 0.15) is 11.0 Å². The normalized spacial score (nSPS) is 11.2. The van der Waals surface area contributed by atoms with Crippen LogP contribution in [-0.2, 0) is 0 Å². The van der Waals surface area contributed by atoms with E-state index < -0.39 is 0 Å². The molecule has 202 valence electrons. The maximum Gasteiger partial charge on any atom is 0.227 e. The zero-order valence-electron chi connectivity index (χ0n) is 22.0. The van der Waals surface area contributed by atoms with Gasteiger partial charge in [0.15, 0.2) is 34.2 Å². The number of phenols is 2. The lowest BCUT2D eigenvalue weighted by Gasteiger charge is -2.09. The maximum absolute atomic E-state index is 10.2. The molecule has 10 nitrogen and oxygen atoms in total. The first-order valence-corrected chi connectivity index (χ1v) is 12.1. The fourth-order valence-corrected chi connectivity index (χ4v) is 4.49.